The van der Waals surface area contributed by atoms with Crippen molar-refractivity contribution < 1.29 is 19.9 Å². The molecular formula is C10H6N2O5. The van der Waals surface area contributed by atoms with Crippen LogP contribution in [0.5, 0.6) is 5.75 Å². The number of aromatic carboxylic acids is 1. The topological polar surface area (TPSA) is 114 Å². The van der Waals surface area contributed by atoms with E-state index >= 15 is 0 Å². The number of hydrogen-bond donors (Lipinski definition) is 2. The maximum atomic E-state index is 10.7. The van der Waals surface area contributed by atoms with Gasteiger partial charge in [0.15, 0.2) is 5.69 Å². The largest absolute Gasteiger partial charge is 0.507 e. The lowest BCUT2D eigenvalue weighted by Gasteiger charge is -2.03. The van der Waals surface area contributed by atoms with E-state index in [1.165, 1.54) is 18.2 Å². The van der Waals surface area contributed by atoms with Gasteiger partial charge in [-0.05, 0) is 6.07 Å². The second kappa shape index (κ2) is 3.71. The van der Waals surface area contributed by atoms with Crippen molar-refractivity contribution in [2.75, 3.05) is 0 Å². The molecule has 86 valence electrons. The van der Waals surface area contributed by atoms with Gasteiger partial charge in [-0.3, -0.25) is 10.1 Å². The lowest BCUT2D eigenvalue weighted by molar-refractivity contribution is -0.383. The van der Waals surface area contributed by atoms with Crippen LogP contribution >= 0.6 is 0 Å². The molecule has 2 aromatic rings. The molecule has 17 heavy (non-hydrogen) atoms. The van der Waals surface area contributed by atoms with Gasteiger partial charge in [0.2, 0.25) is 0 Å². The van der Waals surface area contributed by atoms with E-state index in [1.54, 1.807) is 0 Å². The number of nitrogens with zero attached hydrogens (tertiary/aromatic N) is 2. The molecule has 1 heterocycles. The SMILES string of the molecule is O=C(O)c1cc(O)c2c([N+](=O)[O-])cccc2n1. The van der Waals surface area contributed by atoms with Crippen molar-refractivity contribution in [3.8, 4) is 5.75 Å². The van der Waals surface area contributed by atoms with Gasteiger partial charge in [0.05, 0.1) is 10.4 Å². The maximum Gasteiger partial charge on any atom is 0.354 e. The van der Waals surface area contributed by atoms with Crippen LogP contribution in [0.1, 0.15) is 10.5 Å². The molecule has 1 aromatic heterocycles. The average molecular weight is 234 g/mol. The molecule has 2 N–H and O–H groups in total. The van der Waals surface area contributed by atoms with Gasteiger partial charge in [0.25, 0.3) is 5.69 Å². The van der Waals surface area contributed by atoms with Crippen molar-refractivity contribution in [3.63, 3.8) is 0 Å². The van der Waals surface area contributed by atoms with Gasteiger partial charge in [-0.25, -0.2) is 9.78 Å². The van der Waals surface area contributed by atoms with Gasteiger partial charge in [-0.15, -0.1) is 0 Å². The number of rotatable bonds is 2. The molecule has 0 radical (unpaired) electrons. The van der Waals surface area contributed by atoms with Crippen molar-refractivity contribution in [1.82, 2.24) is 4.98 Å². The summed E-state index contributed by atoms with van der Waals surface area (Å²) in [5.41, 5.74) is -0.614. The van der Waals surface area contributed by atoms with E-state index < -0.39 is 16.6 Å². The molecule has 0 unspecified atom stereocenters. The second-order valence-electron chi connectivity index (χ2n) is 3.26. The first-order chi connectivity index (χ1) is 8.00. The number of fused-ring (bicyclic) bond motifs is 1. The number of hydrogen-bond acceptors (Lipinski definition) is 5. The Hall–Kier alpha value is -2.70. The van der Waals surface area contributed by atoms with E-state index in [0.717, 1.165) is 6.07 Å². The Morgan fingerprint density at radius 3 is 2.71 bits per heavy atom. The summed E-state index contributed by atoms with van der Waals surface area (Å²) in [6, 6.07) is 4.87. The number of benzene rings is 1. The summed E-state index contributed by atoms with van der Waals surface area (Å²) in [4.78, 5) is 24.5. The fraction of sp³-hybridized carbons (Fsp3) is 0. The van der Waals surface area contributed by atoms with E-state index in [9.17, 15) is 20.0 Å². The zero-order chi connectivity index (χ0) is 12.6. The predicted octanol–water partition coefficient (Wildman–Crippen LogP) is 1.55. The Kier molecular flexibility index (Phi) is 2.36. The minimum atomic E-state index is -1.31. The summed E-state index contributed by atoms with van der Waals surface area (Å²) in [7, 11) is 0. The van der Waals surface area contributed by atoms with E-state index in [4.69, 9.17) is 5.11 Å². The Morgan fingerprint density at radius 2 is 2.12 bits per heavy atom. The summed E-state index contributed by atoms with van der Waals surface area (Å²) < 4.78 is 0. The fourth-order valence-corrected chi connectivity index (χ4v) is 1.51. The van der Waals surface area contributed by atoms with Crippen LogP contribution in [-0.2, 0) is 0 Å². The van der Waals surface area contributed by atoms with Gasteiger partial charge in [0.1, 0.15) is 11.1 Å². The predicted molar refractivity (Wildman–Crippen MR) is 57.0 cm³/mol. The van der Waals surface area contributed by atoms with Crippen molar-refractivity contribution in [2.24, 2.45) is 0 Å². The highest BCUT2D eigenvalue weighted by Crippen LogP contribution is 2.32. The highest BCUT2D eigenvalue weighted by atomic mass is 16.6. The van der Waals surface area contributed by atoms with Crippen LogP contribution in [0.2, 0.25) is 0 Å². The third kappa shape index (κ3) is 1.73. The first kappa shape index (κ1) is 10.8. The molecule has 0 bridgehead atoms. The molecule has 1 aromatic carbocycles. The van der Waals surface area contributed by atoms with Gasteiger partial charge in [-0.1, -0.05) is 6.07 Å². The summed E-state index contributed by atoms with van der Waals surface area (Å²) in [6.07, 6.45) is 0. The summed E-state index contributed by atoms with van der Waals surface area (Å²) >= 11 is 0. The first-order valence-corrected chi connectivity index (χ1v) is 4.51. The molecule has 7 nitrogen and oxygen atoms in total. The number of aromatic hydroxyl groups is 1. The second-order valence-corrected chi connectivity index (χ2v) is 3.26. The Morgan fingerprint density at radius 1 is 1.41 bits per heavy atom. The van der Waals surface area contributed by atoms with Crippen molar-refractivity contribution in [1.29, 1.82) is 0 Å². The quantitative estimate of drug-likeness (QED) is 0.601. The molecule has 0 spiro atoms. The van der Waals surface area contributed by atoms with Crippen LogP contribution in [-0.4, -0.2) is 26.1 Å². The lowest BCUT2D eigenvalue weighted by atomic mass is 10.1. The zero-order valence-corrected chi connectivity index (χ0v) is 8.32. The number of carboxylic acids is 1. The smallest absolute Gasteiger partial charge is 0.354 e. The van der Waals surface area contributed by atoms with Gasteiger partial charge in [0, 0.05) is 12.1 Å². The lowest BCUT2D eigenvalue weighted by Crippen LogP contribution is -2.01. The normalized spacial score (nSPS) is 10.4. The average Bonchev–Trinajstić information content (AvgIpc) is 2.27. The molecule has 0 amide bonds. The highest BCUT2D eigenvalue weighted by molar-refractivity contribution is 5.97. The van der Waals surface area contributed by atoms with Crippen LogP contribution in [0.3, 0.4) is 0 Å². The Balaban J connectivity index is 2.85. The molecular weight excluding hydrogens is 228 g/mol. The molecule has 0 aliphatic heterocycles. The minimum Gasteiger partial charge on any atom is -0.507 e. The van der Waals surface area contributed by atoms with Crippen LogP contribution < -0.4 is 0 Å². The Bertz CT molecular complexity index is 638. The zero-order valence-electron chi connectivity index (χ0n) is 8.32. The third-order valence-corrected chi connectivity index (χ3v) is 2.21. The standard InChI is InChI=1S/C10H6N2O5/c13-8-4-6(10(14)15)11-5-2-1-3-7(9(5)8)12(16)17/h1-4H,(H,11,13)(H,14,15). The van der Waals surface area contributed by atoms with Gasteiger partial charge < -0.3 is 10.2 Å². The van der Waals surface area contributed by atoms with Crippen LogP contribution in [0.25, 0.3) is 10.9 Å². The fourth-order valence-electron chi connectivity index (χ4n) is 1.51. The molecule has 0 fully saturated rings. The first-order valence-electron chi connectivity index (χ1n) is 4.51. The van der Waals surface area contributed by atoms with Gasteiger partial charge >= 0.3 is 5.97 Å². The van der Waals surface area contributed by atoms with Gasteiger partial charge in [-0.2, -0.15) is 0 Å². The number of non-ortho nitro benzene ring substituents is 1. The van der Waals surface area contributed by atoms with E-state index in [-0.39, 0.29) is 22.3 Å². The number of pyridine rings is 1. The Labute approximate surface area is 94.1 Å². The molecule has 0 saturated carbocycles. The van der Waals surface area contributed by atoms with E-state index in [0.29, 0.717) is 0 Å². The number of nitro groups is 1. The molecule has 0 atom stereocenters. The molecule has 0 aliphatic carbocycles. The van der Waals surface area contributed by atoms with Crippen LogP contribution in [0.15, 0.2) is 24.3 Å². The number of carboxylic acid groups (broad SMARTS) is 1. The monoisotopic (exact) mass is 234 g/mol. The summed E-state index contributed by atoms with van der Waals surface area (Å²) in [5.74, 6) is -1.78. The van der Waals surface area contributed by atoms with Crippen LogP contribution in [0.4, 0.5) is 5.69 Å². The number of carbonyl (C=O) groups is 1. The van der Waals surface area contributed by atoms with E-state index in [2.05, 4.69) is 4.98 Å². The minimum absolute atomic E-state index is 0.0663. The third-order valence-electron chi connectivity index (χ3n) is 2.21. The number of nitro benzene ring substituents is 1. The molecule has 0 saturated heterocycles. The number of aromatic nitrogens is 1. The summed E-state index contributed by atoms with van der Waals surface area (Å²) in [5, 5.41) is 29.0. The van der Waals surface area contributed by atoms with E-state index in [1.807, 2.05) is 0 Å². The highest BCUT2D eigenvalue weighted by Gasteiger charge is 2.18. The van der Waals surface area contributed by atoms with Crippen molar-refractivity contribution in [3.05, 3.63) is 40.1 Å². The maximum absolute atomic E-state index is 10.7. The van der Waals surface area contributed by atoms with Crippen molar-refractivity contribution >= 4 is 22.6 Å². The molecule has 0 aliphatic rings. The van der Waals surface area contributed by atoms with Crippen molar-refractivity contribution in [2.45, 2.75) is 0 Å². The van der Waals surface area contributed by atoms with Crippen LogP contribution in [0, 0.1) is 10.1 Å². The molecule has 2 rings (SSSR count). The molecule has 7 heteroatoms. The summed E-state index contributed by atoms with van der Waals surface area (Å²) in [6.45, 7) is 0.